The van der Waals surface area contributed by atoms with Crippen LogP contribution in [-0.4, -0.2) is 36.3 Å². The second kappa shape index (κ2) is 7.65. The second-order valence-electron chi connectivity index (χ2n) is 6.68. The monoisotopic (exact) mass is 344 g/mol. The predicted molar refractivity (Wildman–Crippen MR) is 92.9 cm³/mol. The topological polar surface area (TPSA) is 113 Å². The molecule has 0 saturated heterocycles. The summed E-state index contributed by atoms with van der Waals surface area (Å²) < 4.78 is 0. The Balaban J connectivity index is 1.50. The second-order valence-corrected chi connectivity index (χ2v) is 6.68. The van der Waals surface area contributed by atoms with Crippen LogP contribution in [0.1, 0.15) is 58.4 Å². The van der Waals surface area contributed by atoms with Crippen molar-refractivity contribution >= 4 is 17.7 Å². The molecular formula is C18H24N4O3. The van der Waals surface area contributed by atoms with Gasteiger partial charge < -0.3 is 21.7 Å². The molecule has 1 fully saturated rings. The van der Waals surface area contributed by atoms with E-state index in [9.17, 15) is 14.4 Å². The summed E-state index contributed by atoms with van der Waals surface area (Å²) in [7, 11) is 0. The minimum absolute atomic E-state index is 0.00344. The Morgan fingerprint density at radius 3 is 2.48 bits per heavy atom. The summed E-state index contributed by atoms with van der Waals surface area (Å²) in [5.41, 5.74) is 7.46. The fourth-order valence-corrected chi connectivity index (χ4v) is 3.46. The third-order valence-electron chi connectivity index (χ3n) is 4.85. The van der Waals surface area contributed by atoms with Gasteiger partial charge in [0, 0.05) is 42.7 Å². The molecule has 2 aliphatic rings. The van der Waals surface area contributed by atoms with Gasteiger partial charge in [0.1, 0.15) is 0 Å². The number of carbonyl (C=O) groups is 3. The van der Waals surface area contributed by atoms with E-state index in [1.165, 1.54) is 0 Å². The fourth-order valence-electron chi connectivity index (χ4n) is 3.46. The lowest BCUT2D eigenvalue weighted by Gasteiger charge is -2.29. The first-order valence-corrected chi connectivity index (χ1v) is 8.78. The van der Waals surface area contributed by atoms with Gasteiger partial charge in [-0.1, -0.05) is 0 Å². The summed E-state index contributed by atoms with van der Waals surface area (Å²) in [6.45, 7) is 0.835. The molecule has 1 saturated carbocycles. The van der Waals surface area contributed by atoms with Gasteiger partial charge in [-0.15, -0.1) is 0 Å². The van der Waals surface area contributed by atoms with Gasteiger partial charge in [-0.25, -0.2) is 0 Å². The molecule has 5 N–H and O–H groups in total. The maximum Gasteiger partial charge on any atom is 0.251 e. The van der Waals surface area contributed by atoms with Crippen LogP contribution in [0.25, 0.3) is 0 Å². The van der Waals surface area contributed by atoms with Crippen molar-refractivity contribution in [3.8, 4) is 0 Å². The molecule has 0 atom stereocenters. The molecule has 3 amide bonds. The number of fused-ring (bicyclic) bond motifs is 1. The average molecular weight is 344 g/mol. The third-order valence-corrected chi connectivity index (χ3v) is 4.85. The molecule has 0 spiro atoms. The van der Waals surface area contributed by atoms with Crippen molar-refractivity contribution < 1.29 is 14.4 Å². The first-order valence-electron chi connectivity index (χ1n) is 8.78. The molecule has 1 aliphatic carbocycles. The van der Waals surface area contributed by atoms with Gasteiger partial charge in [0.2, 0.25) is 5.91 Å². The zero-order valence-corrected chi connectivity index (χ0v) is 14.1. The van der Waals surface area contributed by atoms with Crippen LogP contribution in [0.3, 0.4) is 0 Å². The summed E-state index contributed by atoms with van der Waals surface area (Å²) in [6.07, 6.45) is 3.73. The molecule has 0 bridgehead atoms. The number of nitrogens with one attached hydrogen (secondary N) is 3. The first kappa shape index (κ1) is 17.4. The number of amides is 3. The van der Waals surface area contributed by atoms with Crippen molar-refractivity contribution in [2.45, 2.75) is 50.7 Å². The van der Waals surface area contributed by atoms with Crippen LogP contribution in [0.4, 0.5) is 0 Å². The number of carbonyl (C=O) groups excluding carboxylic acids is 3. The summed E-state index contributed by atoms with van der Waals surface area (Å²) in [5.74, 6) is -0.203. The number of hydrogen-bond donors (Lipinski definition) is 4. The van der Waals surface area contributed by atoms with E-state index in [0.29, 0.717) is 30.6 Å². The smallest absolute Gasteiger partial charge is 0.251 e. The Bertz CT molecular complexity index is 681. The van der Waals surface area contributed by atoms with E-state index >= 15 is 0 Å². The van der Waals surface area contributed by atoms with E-state index in [2.05, 4.69) is 16.0 Å². The van der Waals surface area contributed by atoms with E-state index in [0.717, 1.165) is 31.2 Å². The van der Waals surface area contributed by atoms with Crippen molar-refractivity contribution in [2.24, 2.45) is 5.73 Å². The van der Waals surface area contributed by atoms with Crippen molar-refractivity contribution in [3.05, 3.63) is 34.9 Å². The van der Waals surface area contributed by atoms with Crippen LogP contribution in [0, 0.1) is 0 Å². The van der Waals surface area contributed by atoms with Gasteiger partial charge in [-0.05, 0) is 49.4 Å². The quantitative estimate of drug-likeness (QED) is 0.620. The molecule has 0 radical (unpaired) electrons. The van der Waals surface area contributed by atoms with Crippen molar-refractivity contribution in [2.75, 3.05) is 6.54 Å². The SMILES string of the molecule is NCCC(=O)N[C@H]1CC[C@H](NC(=O)c2ccc3c(c2)CNC3=O)CC1. The van der Waals surface area contributed by atoms with Gasteiger partial charge in [-0.3, -0.25) is 14.4 Å². The van der Waals surface area contributed by atoms with Crippen molar-refractivity contribution in [1.82, 2.24) is 16.0 Å². The minimum atomic E-state index is -0.113. The Labute approximate surface area is 146 Å². The molecule has 0 aromatic heterocycles. The Morgan fingerprint density at radius 2 is 1.80 bits per heavy atom. The zero-order chi connectivity index (χ0) is 17.8. The Hall–Kier alpha value is -2.41. The molecule has 1 aromatic carbocycles. The van der Waals surface area contributed by atoms with Crippen LogP contribution < -0.4 is 21.7 Å². The molecule has 1 heterocycles. The number of rotatable bonds is 5. The van der Waals surface area contributed by atoms with Gasteiger partial charge in [-0.2, -0.15) is 0 Å². The highest BCUT2D eigenvalue weighted by Gasteiger charge is 2.25. The lowest BCUT2D eigenvalue weighted by atomic mass is 9.90. The molecule has 1 aliphatic heterocycles. The average Bonchev–Trinajstić information content (AvgIpc) is 2.97. The summed E-state index contributed by atoms with van der Waals surface area (Å²) in [6, 6.07) is 5.46. The van der Waals surface area contributed by atoms with Crippen molar-refractivity contribution in [3.63, 3.8) is 0 Å². The van der Waals surface area contributed by atoms with E-state index in [1.807, 2.05) is 0 Å². The molecule has 7 heteroatoms. The summed E-state index contributed by atoms with van der Waals surface area (Å²) in [5, 5.41) is 8.80. The van der Waals surface area contributed by atoms with Crippen LogP contribution in [0.5, 0.6) is 0 Å². The van der Waals surface area contributed by atoms with Gasteiger partial charge in [0.15, 0.2) is 0 Å². The van der Waals surface area contributed by atoms with Crippen LogP contribution in [0.15, 0.2) is 18.2 Å². The highest BCUT2D eigenvalue weighted by Crippen LogP contribution is 2.21. The molecule has 7 nitrogen and oxygen atoms in total. The minimum Gasteiger partial charge on any atom is -0.353 e. The number of hydrogen-bond acceptors (Lipinski definition) is 4. The fraction of sp³-hybridized carbons (Fsp3) is 0.500. The van der Waals surface area contributed by atoms with Gasteiger partial charge in [0.05, 0.1) is 0 Å². The normalized spacial score (nSPS) is 22.0. The van der Waals surface area contributed by atoms with Crippen LogP contribution in [0.2, 0.25) is 0 Å². The first-order chi connectivity index (χ1) is 12.1. The van der Waals surface area contributed by atoms with E-state index < -0.39 is 0 Å². The van der Waals surface area contributed by atoms with Gasteiger partial charge in [0.25, 0.3) is 11.8 Å². The molecule has 3 rings (SSSR count). The maximum atomic E-state index is 12.4. The number of benzene rings is 1. The molecular weight excluding hydrogens is 320 g/mol. The van der Waals surface area contributed by atoms with Crippen LogP contribution >= 0.6 is 0 Å². The summed E-state index contributed by atoms with van der Waals surface area (Å²) in [4.78, 5) is 35.6. The lowest BCUT2D eigenvalue weighted by Crippen LogP contribution is -2.44. The molecule has 25 heavy (non-hydrogen) atoms. The zero-order valence-electron chi connectivity index (χ0n) is 14.1. The molecule has 0 unspecified atom stereocenters. The Kier molecular flexibility index (Phi) is 5.33. The third kappa shape index (κ3) is 4.17. The van der Waals surface area contributed by atoms with Crippen molar-refractivity contribution in [1.29, 1.82) is 0 Å². The molecule has 134 valence electrons. The van der Waals surface area contributed by atoms with E-state index in [-0.39, 0.29) is 29.8 Å². The largest absolute Gasteiger partial charge is 0.353 e. The molecule has 1 aromatic rings. The van der Waals surface area contributed by atoms with E-state index in [4.69, 9.17) is 5.73 Å². The van der Waals surface area contributed by atoms with Gasteiger partial charge >= 0.3 is 0 Å². The highest BCUT2D eigenvalue weighted by atomic mass is 16.2. The number of nitrogens with two attached hydrogens (primary N) is 1. The highest BCUT2D eigenvalue weighted by molar-refractivity contribution is 6.01. The Morgan fingerprint density at radius 1 is 1.12 bits per heavy atom. The maximum absolute atomic E-state index is 12.4. The predicted octanol–water partition coefficient (Wildman–Crippen LogP) is 0.436. The van der Waals surface area contributed by atoms with E-state index in [1.54, 1.807) is 18.2 Å². The summed E-state index contributed by atoms with van der Waals surface area (Å²) >= 11 is 0. The lowest BCUT2D eigenvalue weighted by molar-refractivity contribution is -0.121. The van der Waals surface area contributed by atoms with Crippen LogP contribution in [-0.2, 0) is 11.3 Å². The standard InChI is InChI=1S/C18H24N4O3/c19-8-7-16(23)21-13-2-4-14(5-3-13)22-17(24)11-1-6-15-12(9-11)10-20-18(15)25/h1,6,9,13-14H,2-5,7-8,10,19H2,(H,20,25)(H,21,23)(H,22,24)/t13-,14-.